The Kier molecular flexibility index (Phi) is 5.83. The van der Waals surface area contributed by atoms with E-state index in [1.54, 1.807) is 0 Å². The summed E-state index contributed by atoms with van der Waals surface area (Å²) in [5.74, 6) is 1.13. The third-order valence-corrected chi connectivity index (χ3v) is 5.70. The summed E-state index contributed by atoms with van der Waals surface area (Å²) in [6.07, 6.45) is 4.25. The molecule has 7 heteroatoms. The molecule has 2 saturated heterocycles. The number of carbonyl (C=O) groups is 1. The number of hydrogen-bond acceptors (Lipinski definition) is 5. The summed E-state index contributed by atoms with van der Waals surface area (Å²) in [4.78, 5) is 28.4. The highest BCUT2D eigenvalue weighted by Crippen LogP contribution is 2.29. The SMILES string of the molecule is CC(C)c1ccnc(N2CCN(C(=O)Nc3ccccc3N3CCCC3)CC2)n1. The first-order valence-electron chi connectivity index (χ1n) is 10.6. The zero-order valence-corrected chi connectivity index (χ0v) is 17.3. The highest BCUT2D eigenvalue weighted by atomic mass is 16.2. The van der Waals surface area contributed by atoms with Gasteiger partial charge in [0.1, 0.15) is 0 Å². The lowest BCUT2D eigenvalue weighted by Gasteiger charge is -2.35. The minimum atomic E-state index is -0.0341. The van der Waals surface area contributed by atoms with E-state index in [1.165, 1.54) is 12.8 Å². The lowest BCUT2D eigenvalue weighted by Crippen LogP contribution is -2.50. The molecule has 1 aromatic heterocycles. The molecule has 0 bridgehead atoms. The molecule has 1 aromatic carbocycles. The average molecular weight is 395 g/mol. The summed E-state index contributed by atoms with van der Waals surface area (Å²) >= 11 is 0. The predicted molar refractivity (Wildman–Crippen MR) is 117 cm³/mol. The number of anilines is 3. The Morgan fingerprint density at radius 3 is 2.41 bits per heavy atom. The maximum Gasteiger partial charge on any atom is 0.322 e. The Labute approximate surface area is 172 Å². The van der Waals surface area contributed by atoms with Crippen LogP contribution < -0.4 is 15.1 Å². The van der Waals surface area contributed by atoms with Crippen LogP contribution in [-0.2, 0) is 0 Å². The summed E-state index contributed by atoms with van der Waals surface area (Å²) in [6, 6.07) is 10.0. The molecule has 0 aliphatic carbocycles. The Hall–Kier alpha value is -2.83. The van der Waals surface area contributed by atoms with E-state index in [4.69, 9.17) is 0 Å². The maximum atomic E-state index is 12.9. The third-order valence-electron chi connectivity index (χ3n) is 5.70. The monoisotopic (exact) mass is 394 g/mol. The van der Waals surface area contributed by atoms with Gasteiger partial charge in [0.15, 0.2) is 0 Å². The quantitative estimate of drug-likeness (QED) is 0.859. The van der Waals surface area contributed by atoms with Crippen molar-refractivity contribution in [2.75, 3.05) is 54.4 Å². The van der Waals surface area contributed by atoms with Crippen molar-refractivity contribution in [2.24, 2.45) is 0 Å². The minimum Gasteiger partial charge on any atom is -0.370 e. The van der Waals surface area contributed by atoms with Crippen LogP contribution in [0.4, 0.5) is 22.1 Å². The normalized spacial score (nSPS) is 17.1. The molecule has 2 amide bonds. The van der Waals surface area contributed by atoms with Crippen molar-refractivity contribution in [3.8, 4) is 0 Å². The number of rotatable bonds is 4. The first-order chi connectivity index (χ1) is 14.1. The molecule has 0 spiro atoms. The summed E-state index contributed by atoms with van der Waals surface area (Å²) in [6.45, 7) is 9.18. The van der Waals surface area contributed by atoms with E-state index in [0.717, 1.165) is 49.2 Å². The van der Waals surface area contributed by atoms with Crippen LogP contribution in [0.5, 0.6) is 0 Å². The van der Waals surface area contributed by atoms with Crippen LogP contribution in [0.1, 0.15) is 38.3 Å². The molecule has 0 saturated carbocycles. The molecule has 2 aliphatic rings. The van der Waals surface area contributed by atoms with Crippen LogP contribution in [0.2, 0.25) is 0 Å². The number of nitrogens with zero attached hydrogens (tertiary/aromatic N) is 5. The Morgan fingerprint density at radius 1 is 0.966 bits per heavy atom. The van der Waals surface area contributed by atoms with Gasteiger partial charge in [-0.1, -0.05) is 26.0 Å². The van der Waals surface area contributed by atoms with Crippen molar-refractivity contribution in [1.82, 2.24) is 14.9 Å². The highest BCUT2D eigenvalue weighted by Gasteiger charge is 2.24. The fraction of sp³-hybridized carbons (Fsp3) is 0.500. The Balaban J connectivity index is 1.37. The molecular formula is C22H30N6O. The zero-order chi connectivity index (χ0) is 20.2. The molecule has 29 heavy (non-hydrogen) atoms. The molecular weight excluding hydrogens is 364 g/mol. The van der Waals surface area contributed by atoms with Gasteiger partial charge in [0, 0.05) is 51.2 Å². The molecule has 2 fully saturated rings. The Bertz CT molecular complexity index is 841. The molecule has 7 nitrogen and oxygen atoms in total. The summed E-state index contributed by atoms with van der Waals surface area (Å²) in [5.41, 5.74) is 3.07. The molecule has 0 atom stereocenters. The van der Waals surface area contributed by atoms with Gasteiger partial charge in [-0.05, 0) is 37.0 Å². The van der Waals surface area contributed by atoms with E-state index in [2.05, 4.69) is 45.0 Å². The molecule has 2 aliphatic heterocycles. The fourth-order valence-electron chi connectivity index (χ4n) is 3.95. The van der Waals surface area contributed by atoms with Crippen LogP contribution >= 0.6 is 0 Å². The van der Waals surface area contributed by atoms with Gasteiger partial charge in [0.05, 0.1) is 11.4 Å². The first-order valence-corrected chi connectivity index (χ1v) is 10.6. The van der Waals surface area contributed by atoms with Crippen molar-refractivity contribution in [3.63, 3.8) is 0 Å². The van der Waals surface area contributed by atoms with Crippen molar-refractivity contribution in [3.05, 3.63) is 42.2 Å². The van der Waals surface area contributed by atoms with Gasteiger partial charge in [-0.15, -0.1) is 0 Å². The number of carbonyl (C=O) groups excluding carboxylic acids is 1. The second-order valence-corrected chi connectivity index (χ2v) is 8.05. The molecule has 3 heterocycles. The van der Waals surface area contributed by atoms with Crippen molar-refractivity contribution >= 4 is 23.4 Å². The van der Waals surface area contributed by atoms with Gasteiger partial charge in [0.25, 0.3) is 0 Å². The van der Waals surface area contributed by atoms with Crippen molar-refractivity contribution in [2.45, 2.75) is 32.6 Å². The molecule has 2 aromatic rings. The zero-order valence-electron chi connectivity index (χ0n) is 17.3. The van der Waals surface area contributed by atoms with Crippen LogP contribution in [0.25, 0.3) is 0 Å². The van der Waals surface area contributed by atoms with E-state index in [9.17, 15) is 4.79 Å². The lowest BCUT2D eigenvalue weighted by molar-refractivity contribution is 0.208. The topological polar surface area (TPSA) is 64.6 Å². The van der Waals surface area contributed by atoms with Crippen LogP contribution in [-0.4, -0.2) is 60.2 Å². The smallest absolute Gasteiger partial charge is 0.322 e. The van der Waals surface area contributed by atoms with Crippen LogP contribution in [0, 0.1) is 0 Å². The maximum absolute atomic E-state index is 12.9. The summed E-state index contributed by atoms with van der Waals surface area (Å²) < 4.78 is 0. The second-order valence-electron chi connectivity index (χ2n) is 8.05. The molecule has 4 rings (SSSR count). The summed E-state index contributed by atoms with van der Waals surface area (Å²) in [7, 11) is 0. The van der Waals surface area contributed by atoms with Gasteiger partial charge in [-0.3, -0.25) is 0 Å². The first kappa shape index (κ1) is 19.5. The predicted octanol–water partition coefficient (Wildman–Crippen LogP) is 3.55. The largest absolute Gasteiger partial charge is 0.370 e. The van der Waals surface area contributed by atoms with Gasteiger partial charge in [-0.25, -0.2) is 14.8 Å². The number of amides is 2. The number of nitrogens with one attached hydrogen (secondary N) is 1. The summed E-state index contributed by atoms with van der Waals surface area (Å²) in [5, 5.41) is 3.13. The molecule has 154 valence electrons. The fourth-order valence-corrected chi connectivity index (χ4v) is 3.95. The number of benzene rings is 1. The van der Waals surface area contributed by atoms with Crippen molar-refractivity contribution < 1.29 is 4.79 Å². The second kappa shape index (κ2) is 8.68. The van der Waals surface area contributed by atoms with E-state index < -0.39 is 0 Å². The Morgan fingerprint density at radius 2 is 1.69 bits per heavy atom. The third kappa shape index (κ3) is 4.44. The van der Waals surface area contributed by atoms with Crippen LogP contribution in [0.15, 0.2) is 36.5 Å². The van der Waals surface area contributed by atoms with Crippen LogP contribution in [0.3, 0.4) is 0 Å². The molecule has 1 N–H and O–H groups in total. The van der Waals surface area contributed by atoms with E-state index in [-0.39, 0.29) is 6.03 Å². The number of piperazine rings is 1. The van der Waals surface area contributed by atoms with Gasteiger partial charge >= 0.3 is 6.03 Å². The molecule has 0 unspecified atom stereocenters. The molecule has 0 radical (unpaired) electrons. The minimum absolute atomic E-state index is 0.0341. The van der Waals surface area contributed by atoms with E-state index in [1.807, 2.05) is 35.4 Å². The van der Waals surface area contributed by atoms with E-state index >= 15 is 0 Å². The highest BCUT2D eigenvalue weighted by molar-refractivity contribution is 5.93. The number of para-hydroxylation sites is 2. The van der Waals surface area contributed by atoms with E-state index in [0.29, 0.717) is 19.0 Å². The van der Waals surface area contributed by atoms with Crippen molar-refractivity contribution in [1.29, 1.82) is 0 Å². The van der Waals surface area contributed by atoms with Gasteiger partial charge in [-0.2, -0.15) is 0 Å². The lowest BCUT2D eigenvalue weighted by atomic mass is 10.1. The number of aromatic nitrogens is 2. The average Bonchev–Trinajstić information content (AvgIpc) is 3.29. The standard InChI is InChI=1S/C22H30N6O/c1-17(2)18-9-10-23-21(24-18)27-13-15-28(16-14-27)22(29)25-19-7-3-4-8-20(19)26-11-5-6-12-26/h3-4,7-10,17H,5-6,11-16H2,1-2H3,(H,25,29). The van der Waals surface area contributed by atoms with Gasteiger partial charge < -0.3 is 20.0 Å². The van der Waals surface area contributed by atoms with Gasteiger partial charge in [0.2, 0.25) is 5.95 Å². The number of hydrogen-bond donors (Lipinski definition) is 1. The number of urea groups is 1.